The Morgan fingerprint density at radius 3 is 2.55 bits per heavy atom. The summed E-state index contributed by atoms with van der Waals surface area (Å²) in [6, 6.07) is 9.40. The molecule has 1 N–H and O–H groups in total. The predicted octanol–water partition coefficient (Wildman–Crippen LogP) is 4.80. The lowest BCUT2D eigenvalue weighted by Gasteiger charge is -2.20. The topological polar surface area (TPSA) is 12.0 Å². The molecule has 0 bridgehead atoms. The summed E-state index contributed by atoms with van der Waals surface area (Å²) < 4.78 is 1.27. The average molecular weight is 336 g/mol. The number of halogens is 1. The van der Waals surface area contributed by atoms with Crippen molar-refractivity contribution in [1.82, 2.24) is 5.32 Å². The Hall–Kier alpha value is -0.340. The van der Waals surface area contributed by atoms with Crippen LogP contribution in [0.3, 0.4) is 0 Å². The summed E-state index contributed by atoms with van der Waals surface area (Å²) in [5, 5.41) is 3.84. The number of nitrogens with one attached hydrogen (secondary N) is 1. The zero-order valence-corrected chi connectivity index (χ0v) is 14.0. The highest BCUT2D eigenvalue weighted by Gasteiger charge is 2.53. The van der Waals surface area contributed by atoms with Crippen molar-refractivity contribution in [3.05, 3.63) is 34.3 Å². The van der Waals surface area contributed by atoms with Crippen molar-refractivity contribution >= 4 is 15.9 Å². The van der Waals surface area contributed by atoms with E-state index >= 15 is 0 Å². The number of hydrogen-bond donors (Lipinski definition) is 1. The van der Waals surface area contributed by atoms with Crippen LogP contribution in [0.1, 0.15) is 44.6 Å². The van der Waals surface area contributed by atoms with Gasteiger partial charge in [0.1, 0.15) is 0 Å². The van der Waals surface area contributed by atoms with Gasteiger partial charge >= 0.3 is 0 Å². The highest BCUT2D eigenvalue weighted by atomic mass is 79.9. The Morgan fingerprint density at radius 2 is 1.90 bits per heavy atom. The van der Waals surface area contributed by atoms with Crippen LogP contribution in [0, 0.1) is 17.8 Å². The number of benzene rings is 1. The molecular weight excluding hydrogens is 310 g/mol. The van der Waals surface area contributed by atoms with E-state index in [1.54, 1.807) is 0 Å². The van der Waals surface area contributed by atoms with E-state index in [1.807, 2.05) is 0 Å². The normalized spacial score (nSPS) is 29.8. The van der Waals surface area contributed by atoms with Gasteiger partial charge in [0, 0.05) is 10.5 Å². The van der Waals surface area contributed by atoms with E-state index in [-0.39, 0.29) is 0 Å². The maximum absolute atomic E-state index is 3.84. The van der Waals surface area contributed by atoms with Crippen molar-refractivity contribution in [2.75, 3.05) is 6.54 Å². The standard InChI is InChI=1S/C18H26BrN/c1-2-11-20-17(12-13-7-3-6-10-16(13)19)18-14-8-4-5-9-15(14)18/h3,6-7,10,14-15,17-18,20H,2,4-5,8-9,11-12H2,1H3. The summed E-state index contributed by atoms with van der Waals surface area (Å²) in [6.45, 7) is 3.42. The van der Waals surface area contributed by atoms with Gasteiger partial charge in [0.15, 0.2) is 0 Å². The fraction of sp³-hybridized carbons (Fsp3) is 0.667. The number of hydrogen-bond acceptors (Lipinski definition) is 1. The third-order valence-electron chi connectivity index (χ3n) is 5.24. The molecule has 0 spiro atoms. The second kappa shape index (κ2) is 6.62. The van der Waals surface area contributed by atoms with Crippen LogP contribution in [-0.4, -0.2) is 12.6 Å². The van der Waals surface area contributed by atoms with Gasteiger partial charge in [0.2, 0.25) is 0 Å². The van der Waals surface area contributed by atoms with Crippen LogP contribution in [0.2, 0.25) is 0 Å². The third kappa shape index (κ3) is 3.12. The second-order valence-corrected chi connectivity index (χ2v) is 7.40. The van der Waals surface area contributed by atoms with E-state index < -0.39 is 0 Å². The van der Waals surface area contributed by atoms with Gasteiger partial charge in [-0.15, -0.1) is 0 Å². The molecule has 1 aromatic rings. The zero-order valence-electron chi connectivity index (χ0n) is 12.4. The average Bonchev–Trinajstić information content (AvgIpc) is 3.20. The third-order valence-corrected chi connectivity index (χ3v) is 6.02. The lowest BCUT2D eigenvalue weighted by molar-refractivity contribution is 0.427. The SMILES string of the molecule is CCCNC(Cc1ccccc1Br)C1C2CCCCC21. The van der Waals surface area contributed by atoms with E-state index in [4.69, 9.17) is 0 Å². The minimum atomic E-state index is 0.682. The lowest BCUT2D eigenvalue weighted by atomic mass is 9.99. The molecule has 2 fully saturated rings. The quantitative estimate of drug-likeness (QED) is 0.787. The molecule has 0 aromatic heterocycles. The summed E-state index contributed by atoms with van der Waals surface area (Å²) in [4.78, 5) is 0. The molecule has 0 amide bonds. The van der Waals surface area contributed by atoms with E-state index in [2.05, 4.69) is 52.4 Å². The minimum Gasteiger partial charge on any atom is -0.313 e. The fourth-order valence-corrected chi connectivity index (χ4v) is 4.67. The van der Waals surface area contributed by atoms with E-state index in [1.165, 1.54) is 48.6 Å². The minimum absolute atomic E-state index is 0.682. The molecule has 2 saturated carbocycles. The lowest BCUT2D eigenvalue weighted by Crippen LogP contribution is -2.35. The van der Waals surface area contributed by atoms with Crippen molar-refractivity contribution < 1.29 is 0 Å². The maximum atomic E-state index is 3.84. The Morgan fingerprint density at radius 1 is 1.20 bits per heavy atom. The molecule has 0 radical (unpaired) electrons. The largest absolute Gasteiger partial charge is 0.313 e. The van der Waals surface area contributed by atoms with Crippen LogP contribution in [-0.2, 0) is 6.42 Å². The highest BCUT2D eigenvalue weighted by Crippen LogP contribution is 2.57. The first-order valence-corrected chi connectivity index (χ1v) is 9.07. The molecule has 3 atom stereocenters. The summed E-state index contributed by atoms with van der Waals surface area (Å²) in [5.74, 6) is 3.00. The van der Waals surface area contributed by atoms with Gasteiger partial charge in [-0.05, 0) is 61.6 Å². The molecule has 2 heteroatoms. The maximum Gasteiger partial charge on any atom is 0.0207 e. The van der Waals surface area contributed by atoms with Crippen molar-refractivity contribution in [3.8, 4) is 0 Å². The second-order valence-electron chi connectivity index (χ2n) is 6.55. The highest BCUT2D eigenvalue weighted by molar-refractivity contribution is 9.10. The number of rotatable bonds is 6. The van der Waals surface area contributed by atoms with Crippen LogP contribution in [0.5, 0.6) is 0 Å². The van der Waals surface area contributed by atoms with Gasteiger partial charge in [-0.3, -0.25) is 0 Å². The predicted molar refractivity (Wildman–Crippen MR) is 88.9 cm³/mol. The Balaban J connectivity index is 1.69. The van der Waals surface area contributed by atoms with E-state index in [0.29, 0.717) is 6.04 Å². The van der Waals surface area contributed by atoms with Gasteiger partial charge in [0.05, 0.1) is 0 Å². The Bertz CT molecular complexity index is 433. The first-order valence-electron chi connectivity index (χ1n) is 8.28. The smallest absolute Gasteiger partial charge is 0.0207 e. The summed E-state index contributed by atoms with van der Waals surface area (Å²) in [7, 11) is 0. The molecule has 0 saturated heterocycles. The van der Waals surface area contributed by atoms with Crippen molar-refractivity contribution in [3.63, 3.8) is 0 Å². The van der Waals surface area contributed by atoms with Crippen LogP contribution in [0.25, 0.3) is 0 Å². The van der Waals surface area contributed by atoms with Gasteiger partial charge in [-0.2, -0.15) is 0 Å². The fourth-order valence-electron chi connectivity index (χ4n) is 4.22. The summed E-state index contributed by atoms with van der Waals surface area (Å²) in [5.41, 5.74) is 1.46. The van der Waals surface area contributed by atoms with Crippen LogP contribution >= 0.6 is 15.9 Å². The van der Waals surface area contributed by atoms with Crippen LogP contribution < -0.4 is 5.32 Å². The molecule has 3 rings (SSSR count). The first-order chi connectivity index (χ1) is 9.81. The van der Waals surface area contributed by atoms with Gasteiger partial charge in [-0.25, -0.2) is 0 Å². The van der Waals surface area contributed by atoms with E-state index in [0.717, 1.165) is 24.3 Å². The van der Waals surface area contributed by atoms with E-state index in [9.17, 15) is 0 Å². The molecule has 20 heavy (non-hydrogen) atoms. The Kier molecular flexibility index (Phi) is 4.83. The summed E-state index contributed by atoms with van der Waals surface area (Å²) >= 11 is 3.71. The molecule has 1 aromatic carbocycles. The van der Waals surface area contributed by atoms with Crippen LogP contribution in [0.4, 0.5) is 0 Å². The molecule has 2 aliphatic rings. The van der Waals surface area contributed by atoms with Crippen molar-refractivity contribution in [1.29, 1.82) is 0 Å². The molecule has 0 heterocycles. The molecule has 3 unspecified atom stereocenters. The van der Waals surface area contributed by atoms with Crippen molar-refractivity contribution in [2.45, 2.75) is 51.5 Å². The van der Waals surface area contributed by atoms with Gasteiger partial charge < -0.3 is 5.32 Å². The summed E-state index contributed by atoms with van der Waals surface area (Å²) in [6.07, 6.45) is 8.30. The monoisotopic (exact) mass is 335 g/mol. The van der Waals surface area contributed by atoms with Crippen LogP contribution in [0.15, 0.2) is 28.7 Å². The Labute approximate surface area is 131 Å². The molecule has 0 aliphatic heterocycles. The van der Waals surface area contributed by atoms with Gasteiger partial charge in [-0.1, -0.05) is 53.9 Å². The van der Waals surface area contributed by atoms with Gasteiger partial charge in [0.25, 0.3) is 0 Å². The molecule has 110 valence electrons. The molecule has 1 nitrogen and oxygen atoms in total. The molecule has 2 aliphatic carbocycles. The molecular formula is C18H26BrN. The first kappa shape index (κ1) is 14.6. The number of fused-ring (bicyclic) bond motifs is 1. The van der Waals surface area contributed by atoms with Crippen molar-refractivity contribution in [2.24, 2.45) is 17.8 Å². The zero-order chi connectivity index (χ0) is 13.9.